The van der Waals surface area contributed by atoms with Crippen LogP contribution >= 0.6 is 12.4 Å². The first kappa shape index (κ1) is 14.2. The van der Waals surface area contributed by atoms with Crippen molar-refractivity contribution in [3.05, 3.63) is 30.1 Å². The highest BCUT2D eigenvalue weighted by Gasteiger charge is 2.16. The maximum absolute atomic E-state index is 12.8. The van der Waals surface area contributed by atoms with E-state index in [-0.39, 0.29) is 24.8 Å². The van der Waals surface area contributed by atoms with Gasteiger partial charge in [-0.2, -0.15) is 0 Å². The Morgan fingerprint density at radius 1 is 1.06 bits per heavy atom. The molecule has 0 bridgehead atoms. The Hall–Kier alpha value is -0.840. The van der Waals surface area contributed by atoms with Crippen molar-refractivity contribution in [2.45, 2.75) is 0 Å². The molecule has 0 radical (unpaired) electrons. The molecule has 1 saturated heterocycles. The third-order valence-corrected chi connectivity index (χ3v) is 2.98. The van der Waals surface area contributed by atoms with Crippen molar-refractivity contribution in [2.75, 3.05) is 44.2 Å². The van der Waals surface area contributed by atoms with Gasteiger partial charge in [-0.1, -0.05) is 0 Å². The second-order valence-corrected chi connectivity index (χ2v) is 4.03. The molecule has 5 heteroatoms. The van der Waals surface area contributed by atoms with E-state index in [0.717, 1.165) is 38.4 Å². The highest BCUT2D eigenvalue weighted by atomic mass is 35.5. The van der Waals surface area contributed by atoms with Crippen LogP contribution in [0.15, 0.2) is 24.3 Å². The SMILES string of the molecule is Cl.OCCN1CCN(c2ccc(F)cc2)CC1. The number of β-amino-alcohol motifs (C(OH)–C–C–N with tert-alkyl or cyclic N) is 1. The van der Waals surface area contributed by atoms with Crippen molar-refractivity contribution < 1.29 is 9.50 Å². The summed E-state index contributed by atoms with van der Waals surface area (Å²) in [7, 11) is 0. The van der Waals surface area contributed by atoms with Crippen molar-refractivity contribution in [3.63, 3.8) is 0 Å². The van der Waals surface area contributed by atoms with Gasteiger partial charge in [-0.25, -0.2) is 4.39 Å². The summed E-state index contributed by atoms with van der Waals surface area (Å²) in [5.41, 5.74) is 1.07. The molecule has 1 heterocycles. The predicted molar refractivity (Wildman–Crippen MR) is 69.4 cm³/mol. The number of anilines is 1. The smallest absolute Gasteiger partial charge is 0.123 e. The fourth-order valence-corrected chi connectivity index (χ4v) is 2.02. The minimum absolute atomic E-state index is 0. The average molecular weight is 261 g/mol. The molecule has 1 aliphatic rings. The van der Waals surface area contributed by atoms with E-state index in [2.05, 4.69) is 9.80 Å². The number of hydrogen-bond acceptors (Lipinski definition) is 3. The average Bonchev–Trinajstić information content (AvgIpc) is 2.32. The number of aliphatic hydroxyl groups is 1. The monoisotopic (exact) mass is 260 g/mol. The maximum Gasteiger partial charge on any atom is 0.123 e. The molecule has 0 amide bonds. The van der Waals surface area contributed by atoms with Gasteiger partial charge in [0, 0.05) is 38.4 Å². The normalized spacial score (nSPS) is 16.7. The van der Waals surface area contributed by atoms with Crippen LogP contribution < -0.4 is 4.90 Å². The molecule has 0 atom stereocenters. The third-order valence-electron chi connectivity index (χ3n) is 2.98. The van der Waals surface area contributed by atoms with E-state index >= 15 is 0 Å². The van der Waals surface area contributed by atoms with E-state index < -0.39 is 0 Å². The zero-order valence-corrected chi connectivity index (χ0v) is 10.5. The zero-order chi connectivity index (χ0) is 11.4. The number of halogens is 2. The van der Waals surface area contributed by atoms with E-state index in [1.807, 2.05) is 12.1 Å². The lowest BCUT2D eigenvalue weighted by Gasteiger charge is -2.35. The number of hydrogen-bond donors (Lipinski definition) is 1. The van der Waals surface area contributed by atoms with E-state index in [4.69, 9.17) is 5.11 Å². The van der Waals surface area contributed by atoms with E-state index in [0.29, 0.717) is 0 Å². The molecule has 0 spiro atoms. The lowest BCUT2D eigenvalue weighted by atomic mass is 10.2. The molecule has 0 saturated carbocycles. The van der Waals surface area contributed by atoms with Crippen molar-refractivity contribution in [1.29, 1.82) is 0 Å². The standard InChI is InChI=1S/C12H17FN2O.ClH/c13-11-1-3-12(4-2-11)15-7-5-14(6-8-15)9-10-16;/h1-4,16H,5-10H2;1H. The molecular formula is C12H18ClFN2O. The van der Waals surface area contributed by atoms with E-state index in [9.17, 15) is 4.39 Å². The second-order valence-electron chi connectivity index (χ2n) is 4.03. The molecule has 1 aliphatic heterocycles. The molecule has 0 aromatic heterocycles. The molecule has 3 nitrogen and oxygen atoms in total. The van der Waals surface area contributed by atoms with Gasteiger partial charge < -0.3 is 10.0 Å². The van der Waals surface area contributed by atoms with Gasteiger partial charge in [0.2, 0.25) is 0 Å². The van der Waals surface area contributed by atoms with Crippen molar-refractivity contribution >= 4 is 18.1 Å². The number of benzene rings is 1. The van der Waals surface area contributed by atoms with Crippen LogP contribution in [-0.2, 0) is 0 Å². The van der Waals surface area contributed by atoms with Gasteiger partial charge in [-0.3, -0.25) is 4.90 Å². The molecule has 96 valence electrons. The van der Waals surface area contributed by atoms with Crippen LogP contribution in [0.25, 0.3) is 0 Å². The molecule has 0 unspecified atom stereocenters. The summed E-state index contributed by atoms with van der Waals surface area (Å²) in [5.74, 6) is -0.192. The molecule has 0 aliphatic carbocycles. The summed E-state index contributed by atoms with van der Waals surface area (Å²) < 4.78 is 12.8. The Morgan fingerprint density at radius 3 is 2.18 bits per heavy atom. The van der Waals surface area contributed by atoms with Gasteiger partial charge in [0.25, 0.3) is 0 Å². The van der Waals surface area contributed by atoms with E-state index in [1.165, 1.54) is 12.1 Å². The molecule has 1 aromatic rings. The molecule has 1 fully saturated rings. The Morgan fingerprint density at radius 2 is 1.65 bits per heavy atom. The number of nitrogens with zero attached hydrogens (tertiary/aromatic N) is 2. The summed E-state index contributed by atoms with van der Waals surface area (Å²) in [5, 5.41) is 8.84. The van der Waals surface area contributed by atoms with Gasteiger partial charge in [0.05, 0.1) is 6.61 Å². The minimum Gasteiger partial charge on any atom is -0.395 e. The first-order chi connectivity index (χ1) is 7.79. The van der Waals surface area contributed by atoms with Gasteiger partial charge in [-0.15, -0.1) is 12.4 Å². The van der Waals surface area contributed by atoms with Crippen LogP contribution in [0.1, 0.15) is 0 Å². The van der Waals surface area contributed by atoms with Crippen molar-refractivity contribution in [3.8, 4) is 0 Å². The highest BCUT2D eigenvalue weighted by Crippen LogP contribution is 2.16. The van der Waals surface area contributed by atoms with Crippen molar-refractivity contribution in [1.82, 2.24) is 4.90 Å². The number of piperazine rings is 1. The van der Waals surface area contributed by atoms with Crippen LogP contribution in [0.3, 0.4) is 0 Å². The van der Waals surface area contributed by atoms with Crippen LogP contribution in [-0.4, -0.2) is 49.3 Å². The Balaban J connectivity index is 0.00000144. The number of rotatable bonds is 3. The van der Waals surface area contributed by atoms with Gasteiger partial charge in [0.15, 0.2) is 0 Å². The quantitative estimate of drug-likeness (QED) is 0.889. The van der Waals surface area contributed by atoms with Gasteiger partial charge in [-0.05, 0) is 24.3 Å². The minimum atomic E-state index is -0.192. The van der Waals surface area contributed by atoms with E-state index in [1.54, 1.807) is 0 Å². The Kier molecular flexibility index (Phi) is 5.68. The summed E-state index contributed by atoms with van der Waals surface area (Å²) in [6.45, 7) is 4.75. The lowest BCUT2D eigenvalue weighted by Crippen LogP contribution is -2.47. The van der Waals surface area contributed by atoms with Crippen LogP contribution in [0.2, 0.25) is 0 Å². The third kappa shape index (κ3) is 3.84. The summed E-state index contributed by atoms with van der Waals surface area (Å²) in [6, 6.07) is 6.62. The highest BCUT2D eigenvalue weighted by molar-refractivity contribution is 5.85. The summed E-state index contributed by atoms with van der Waals surface area (Å²) in [4.78, 5) is 4.48. The fourth-order valence-electron chi connectivity index (χ4n) is 2.02. The van der Waals surface area contributed by atoms with Crippen LogP contribution in [0.4, 0.5) is 10.1 Å². The molecule has 1 N–H and O–H groups in total. The topological polar surface area (TPSA) is 26.7 Å². The first-order valence-corrected chi connectivity index (χ1v) is 5.63. The molecule has 1 aromatic carbocycles. The van der Waals surface area contributed by atoms with Crippen LogP contribution in [0, 0.1) is 5.82 Å². The second kappa shape index (κ2) is 6.79. The predicted octanol–water partition coefficient (Wildman–Crippen LogP) is 1.36. The Labute approximate surface area is 107 Å². The maximum atomic E-state index is 12.8. The number of aliphatic hydroxyl groups excluding tert-OH is 1. The summed E-state index contributed by atoms with van der Waals surface area (Å²) >= 11 is 0. The molecular weight excluding hydrogens is 243 g/mol. The van der Waals surface area contributed by atoms with Gasteiger partial charge in [0.1, 0.15) is 5.82 Å². The van der Waals surface area contributed by atoms with Crippen molar-refractivity contribution in [2.24, 2.45) is 0 Å². The zero-order valence-electron chi connectivity index (χ0n) is 9.68. The lowest BCUT2D eigenvalue weighted by molar-refractivity contribution is 0.189. The van der Waals surface area contributed by atoms with Gasteiger partial charge >= 0.3 is 0 Å². The first-order valence-electron chi connectivity index (χ1n) is 5.63. The molecule has 2 rings (SSSR count). The summed E-state index contributed by atoms with van der Waals surface area (Å²) in [6.07, 6.45) is 0. The largest absolute Gasteiger partial charge is 0.395 e. The molecule has 17 heavy (non-hydrogen) atoms. The fraction of sp³-hybridized carbons (Fsp3) is 0.500. The van der Waals surface area contributed by atoms with Crippen LogP contribution in [0.5, 0.6) is 0 Å². The Bertz CT molecular complexity index is 326.